The van der Waals surface area contributed by atoms with Crippen molar-refractivity contribution in [2.24, 2.45) is 0 Å². The number of carboxylic acids is 1. The summed E-state index contributed by atoms with van der Waals surface area (Å²) in [6.45, 7) is 0.993. The normalized spacial score (nSPS) is 29.0. The lowest BCUT2D eigenvalue weighted by Crippen LogP contribution is -2.71. The van der Waals surface area contributed by atoms with Crippen LogP contribution in [0.15, 0.2) is 40.9 Å². The van der Waals surface area contributed by atoms with Crippen molar-refractivity contribution in [3.8, 4) is 0 Å². The first kappa shape index (κ1) is 77.6. The first-order valence-electron chi connectivity index (χ1n) is 32.8. The summed E-state index contributed by atoms with van der Waals surface area (Å²) in [5.74, 6) is -6.28. The molecule has 18 atom stereocenters. The Bertz CT molecular complexity index is 2100. The van der Waals surface area contributed by atoms with Gasteiger partial charge in [-0.2, -0.15) is 0 Å². The number of hydrogen-bond acceptors (Lipinski definition) is 20. The third-order valence-electron chi connectivity index (χ3n) is 17.0. The molecular weight excluding hydrogens is 1210 g/mol. The molecule has 3 aliphatic rings. The molecule has 3 heterocycles. The van der Waals surface area contributed by atoms with Crippen LogP contribution in [0.2, 0.25) is 0 Å². The van der Waals surface area contributed by atoms with E-state index < -0.39 is 155 Å². The van der Waals surface area contributed by atoms with E-state index >= 15 is 0 Å². The van der Waals surface area contributed by atoms with E-state index in [1.54, 1.807) is 12.1 Å². The second kappa shape index (κ2) is 43.1. The fourth-order valence-corrected chi connectivity index (χ4v) is 12.0. The molecule has 3 saturated heterocycles. The molecule has 0 saturated carbocycles. The van der Waals surface area contributed by atoms with Crippen LogP contribution in [0, 0.1) is 0 Å². The molecule has 3 aliphatic heterocycles. The van der Waals surface area contributed by atoms with E-state index in [2.05, 4.69) is 40.4 Å². The Morgan fingerprint density at radius 2 is 1.22 bits per heavy atom. The van der Waals surface area contributed by atoms with Crippen LogP contribution in [0.25, 0.3) is 0 Å². The zero-order valence-electron chi connectivity index (χ0n) is 52.0. The molecule has 0 radical (unpaired) electrons. The molecule has 14 N–H and O–H groups in total. The van der Waals surface area contributed by atoms with E-state index in [0.717, 1.165) is 44.9 Å². The summed E-state index contributed by atoms with van der Waals surface area (Å²) in [6.07, 6.45) is 5.00. The Kier molecular flexibility index (Phi) is 38.1. The Morgan fingerprint density at radius 1 is 0.682 bits per heavy atom. The third-order valence-corrected chi connectivity index (χ3v) is 17.5. The van der Waals surface area contributed by atoms with Crippen molar-refractivity contribution < 1.29 is 104 Å². The Hall–Kier alpha value is -2.83. The Balaban J connectivity index is 1.40. The SMILES string of the molecule is CCCCCCCCCCCCC/C=C/[C@@H](O)[C@H](CO[C@@H]1O[C@H](CO)[C@@H](O[C@@H]2O[C@H](CO)[C@H](O)[C@H](O[C@]3(C(=O)O)C[C@H](O)[C@@H](NC(=O)c4cccc(Br)c4)[C@H]([C@H](O)[C@H](O)CO)O3)[C@H]2O)[C@H](O)[C@H]1O)NC(=O)CCCCCCCCCCCCCCCCC. The maximum Gasteiger partial charge on any atom is 0.364 e. The van der Waals surface area contributed by atoms with Crippen molar-refractivity contribution in [2.45, 2.75) is 310 Å². The number of amides is 2. The Morgan fingerprint density at radius 3 is 1.74 bits per heavy atom. The lowest BCUT2D eigenvalue weighted by Gasteiger charge is -2.50. The van der Waals surface area contributed by atoms with E-state index in [9.17, 15) is 75.7 Å². The number of ether oxygens (including phenoxy) is 6. The van der Waals surface area contributed by atoms with Gasteiger partial charge in [0.05, 0.1) is 50.7 Å². The predicted molar refractivity (Wildman–Crippen MR) is 329 cm³/mol. The van der Waals surface area contributed by atoms with Crippen LogP contribution >= 0.6 is 15.9 Å². The van der Waals surface area contributed by atoms with Crippen LogP contribution in [-0.4, -0.2) is 215 Å². The maximum atomic E-state index is 13.4. The number of allylic oxidation sites excluding steroid dienone is 1. The summed E-state index contributed by atoms with van der Waals surface area (Å²) in [4.78, 5) is 40.0. The van der Waals surface area contributed by atoms with E-state index in [1.807, 2.05) is 6.08 Å². The monoisotopic (exact) mass is 1320 g/mol. The fourth-order valence-electron chi connectivity index (χ4n) is 11.6. The number of rotatable bonds is 46. The van der Waals surface area contributed by atoms with Gasteiger partial charge in [0, 0.05) is 22.9 Å². The summed E-state index contributed by atoms with van der Waals surface area (Å²) in [5.41, 5.74) is 0.0589. The first-order chi connectivity index (χ1) is 42.4. The third kappa shape index (κ3) is 25.9. The second-order valence-electron chi connectivity index (χ2n) is 24.2. The smallest absolute Gasteiger partial charge is 0.364 e. The number of unbranched alkanes of at least 4 members (excludes halogenated alkanes) is 25. The van der Waals surface area contributed by atoms with Gasteiger partial charge in [-0.3, -0.25) is 9.59 Å². The van der Waals surface area contributed by atoms with Gasteiger partial charge >= 0.3 is 5.97 Å². The minimum Gasteiger partial charge on any atom is -0.477 e. The minimum absolute atomic E-state index is 0.0589. The number of nitrogens with one attached hydrogen (secondary N) is 2. The van der Waals surface area contributed by atoms with Crippen molar-refractivity contribution in [3.63, 3.8) is 0 Å². The van der Waals surface area contributed by atoms with E-state index in [4.69, 9.17) is 28.4 Å². The Labute approximate surface area is 529 Å². The molecule has 1 aromatic carbocycles. The number of aliphatic hydroxyl groups excluding tert-OH is 11. The lowest BCUT2D eigenvalue weighted by atomic mass is 9.88. The molecule has 0 unspecified atom stereocenters. The number of carbonyl (C=O) groups is 3. The summed E-state index contributed by atoms with van der Waals surface area (Å²) >= 11 is 3.26. The van der Waals surface area contributed by atoms with Crippen molar-refractivity contribution in [2.75, 3.05) is 26.4 Å². The zero-order valence-corrected chi connectivity index (χ0v) is 53.6. The van der Waals surface area contributed by atoms with Gasteiger partial charge in [-0.05, 0) is 37.5 Å². The van der Waals surface area contributed by atoms with Crippen LogP contribution in [0.3, 0.4) is 0 Å². The summed E-state index contributed by atoms with van der Waals surface area (Å²) in [5, 5.41) is 138. The highest BCUT2D eigenvalue weighted by atomic mass is 79.9. The molecule has 4 rings (SSSR count). The standard InChI is InChI=1S/C64H109BrN2O21/c1-3-5-7-9-11-13-15-17-18-20-22-24-26-28-30-35-50(74)66-44(45(71)34-29-27-25-23-21-19-16-14-12-10-8-6-4-2)41-83-61-55(78)54(77)57(49(40-70)85-61)86-62-56(79)59(53(76)48(39-69)84-62)88-64(63(81)82)37-46(72)51(58(87-64)52(75)47(73)38-68)67-60(80)42-32-31-33-43(65)36-42/h29,31-34,36,44-49,51-59,61-62,68-73,75-79H,3-28,30,35,37-41H2,1-2H3,(H,66,74)(H,67,80)(H,81,82)/b34-29+/t44-,45+,46-,47+,48+,49+,51+,52+,53-,54+,55+,56+,57+,58+,59-,61+,62-,64-/m0/s1. The molecule has 23 nitrogen and oxygen atoms in total. The molecule has 0 spiro atoms. The minimum atomic E-state index is -3.13. The second-order valence-corrected chi connectivity index (χ2v) is 25.1. The van der Waals surface area contributed by atoms with Gasteiger partial charge in [0.1, 0.15) is 67.1 Å². The van der Waals surface area contributed by atoms with E-state index in [1.165, 1.54) is 134 Å². The molecule has 0 aromatic heterocycles. The van der Waals surface area contributed by atoms with Crippen molar-refractivity contribution in [1.29, 1.82) is 0 Å². The summed E-state index contributed by atoms with van der Waals surface area (Å²) in [6, 6.07) is 3.29. The van der Waals surface area contributed by atoms with E-state index in [-0.39, 0.29) is 17.9 Å². The van der Waals surface area contributed by atoms with Gasteiger partial charge in [0.25, 0.3) is 11.7 Å². The molecule has 0 bridgehead atoms. The predicted octanol–water partition coefficient (Wildman–Crippen LogP) is 5.22. The van der Waals surface area contributed by atoms with Gasteiger partial charge in [-0.1, -0.05) is 202 Å². The average Bonchev–Trinajstić information content (AvgIpc) is 1.26. The highest BCUT2D eigenvalue weighted by Crippen LogP contribution is 2.39. The fraction of sp³-hybridized carbons (Fsp3) is 0.828. The van der Waals surface area contributed by atoms with Gasteiger partial charge < -0.3 is 100 Å². The quantitative estimate of drug-likeness (QED) is 0.0294. The number of benzene rings is 1. The van der Waals surface area contributed by atoms with Crippen molar-refractivity contribution in [1.82, 2.24) is 10.6 Å². The molecular formula is C64H109BrN2O21. The topological polar surface area (TPSA) is 373 Å². The lowest BCUT2D eigenvalue weighted by molar-refractivity contribution is -0.386. The van der Waals surface area contributed by atoms with Crippen molar-refractivity contribution in [3.05, 3.63) is 46.5 Å². The van der Waals surface area contributed by atoms with Crippen LogP contribution in [-0.2, 0) is 38.0 Å². The van der Waals surface area contributed by atoms with Gasteiger partial charge in [0.15, 0.2) is 12.6 Å². The number of carbonyl (C=O) groups excluding carboxylic acids is 2. The molecule has 24 heteroatoms. The van der Waals surface area contributed by atoms with Gasteiger partial charge in [-0.25, -0.2) is 4.79 Å². The first-order valence-corrected chi connectivity index (χ1v) is 33.6. The van der Waals surface area contributed by atoms with Crippen LogP contribution < -0.4 is 10.6 Å². The number of halogens is 1. The van der Waals surface area contributed by atoms with E-state index in [0.29, 0.717) is 17.3 Å². The summed E-state index contributed by atoms with van der Waals surface area (Å²) in [7, 11) is 0. The molecule has 0 aliphatic carbocycles. The maximum absolute atomic E-state index is 13.4. The number of aliphatic carboxylic acids is 1. The van der Waals surface area contributed by atoms with Crippen LogP contribution in [0.4, 0.5) is 0 Å². The van der Waals surface area contributed by atoms with Crippen molar-refractivity contribution >= 4 is 33.7 Å². The molecule has 508 valence electrons. The zero-order chi connectivity index (χ0) is 64.4. The highest BCUT2D eigenvalue weighted by Gasteiger charge is 2.60. The molecule has 2 amide bonds. The van der Waals surface area contributed by atoms with Gasteiger partial charge in [-0.15, -0.1) is 0 Å². The van der Waals surface area contributed by atoms with Crippen LogP contribution in [0.1, 0.15) is 210 Å². The highest BCUT2D eigenvalue weighted by molar-refractivity contribution is 9.10. The summed E-state index contributed by atoms with van der Waals surface area (Å²) < 4.78 is 35.6. The molecule has 1 aromatic rings. The largest absolute Gasteiger partial charge is 0.477 e. The number of hydrogen-bond donors (Lipinski definition) is 14. The van der Waals surface area contributed by atoms with Crippen LogP contribution in [0.5, 0.6) is 0 Å². The number of carboxylic acid groups (broad SMARTS) is 1. The number of aliphatic hydroxyl groups is 11. The molecule has 3 fully saturated rings. The van der Waals surface area contributed by atoms with Gasteiger partial charge in [0.2, 0.25) is 5.91 Å². The average molecular weight is 1320 g/mol. The molecule has 88 heavy (non-hydrogen) atoms.